The number of benzene rings is 1. The van der Waals surface area contributed by atoms with E-state index in [1.165, 1.54) is 0 Å². The molecule has 0 heterocycles. The molecule has 5 nitrogen and oxygen atoms in total. The van der Waals surface area contributed by atoms with Gasteiger partial charge in [-0.3, -0.25) is 9.59 Å². The number of alkyl halides is 3. The van der Waals surface area contributed by atoms with E-state index in [-0.39, 0.29) is 23.2 Å². The minimum Gasteiger partial charge on any atom is -0.465 e. The van der Waals surface area contributed by atoms with Gasteiger partial charge in [0.25, 0.3) is 12.5 Å². The summed E-state index contributed by atoms with van der Waals surface area (Å²) < 4.78 is 45.0. The summed E-state index contributed by atoms with van der Waals surface area (Å²) in [6, 6.07) is 1.51. The standard InChI is InChI=1S/C19H21F3N2O3S/c1-5-27-17(26)18(7-6-8-18)28-15-10-13(19(20,21)22)12(9-14(15)23-4)16(25)24-11(2)3/h4,9-11H,5-8H2,1-3H3/p+1. The van der Waals surface area contributed by atoms with E-state index in [1.54, 1.807) is 20.8 Å². The van der Waals surface area contributed by atoms with Crippen LogP contribution in [0.3, 0.4) is 0 Å². The first-order valence-corrected chi connectivity index (χ1v) is 9.69. The van der Waals surface area contributed by atoms with Gasteiger partial charge in [0, 0.05) is 12.1 Å². The van der Waals surface area contributed by atoms with Crippen LogP contribution in [0.5, 0.6) is 0 Å². The number of ether oxygens (including phenoxy) is 1. The minimum absolute atomic E-state index is 0.0162. The number of nitrogens with one attached hydrogen (secondary N) is 1. The van der Waals surface area contributed by atoms with E-state index in [2.05, 4.69) is 10.2 Å². The largest absolute Gasteiger partial charge is 0.465 e. The van der Waals surface area contributed by atoms with Crippen LogP contribution in [0, 0.1) is 6.57 Å². The molecular formula is C19H22F3N2O3S+. The molecule has 2 rings (SSSR count). The first-order chi connectivity index (χ1) is 13.0. The topological polar surface area (TPSA) is 59.8 Å². The third-order valence-electron chi connectivity index (χ3n) is 4.32. The maximum atomic E-state index is 13.6. The number of carbonyl (C=O) groups is 2. The molecule has 0 radical (unpaired) electrons. The number of thioether (sulfide) groups is 1. The van der Waals surface area contributed by atoms with Gasteiger partial charge in [-0.25, -0.2) is 0 Å². The summed E-state index contributed by atoms with van der Waals surface area (Å²) in [5.41, 5.74) is -1.64. The van der Waals surface area contributed by atoms with Gasteiger partial charge in [-0.2, -0.15) is 13.2 Å². The van der Waals surface area contributed by atoms with Crippen LogP contribution in [0.15, 0.2) is 17.0 Å². The number of halogens is 3. The highest BCUT2D eigenvalue weighted by atomic mass is 32.2. The van der Waals surface area contributed by atoms with Gasteiger partial charge in [0.2, 0.25) is 0 Å². The molecule has 1 aromatic carbocycles. The molecule has 1 fully saturated rings. The molecule has 0 saturated heterocycles. The summed E-state index contributed by atoms with van der Waals surface area (Å²) in [4.78, 5) is 28.2. The van der Waals surface area contributed by atoms with Gasteiger partial charge < -0.3 is 10.1 Å². The van der Waals surface area contributed by atoms with Crippen molar-refractivity contribution in [2.45, 2.75) is 61.9 Å². The number of rotatable bonds is 6. The predicted molar refractivity (Wildman–Crippen MR) is 101 cm³/mol. The van der Waals surface area contributed by atoms with Gasteiger partial charge in [0.05, 0.1) is 17.7 Å². The van der Waals surface area contributed by atoms with E-state index < -0.39 is 33.9 Å². The number of esters is 1. The molecule has 0 atom stereocenters. The maximum absolute atomic E-state index is 13.6. The lowest BCUT2D eigenvalue weighted by Gasteiger charge is -2.38. The van der Waals surface area contributed by atoms with E-state index in [1.807, 2.05) is 0 Å². The Morgan fingerprint density at radius 1 is 1.36 bits per heavy atom. The van der Waals surface area contributed by atoms with E-state index in [9.17, 15) is 22.8 Å². The van der Waals surface area contributed by atoms with Crippen LogP contribution in [-0.2, 0) is 15.7 Å². The second-order valence-corrected chi connectivity index (χ2v) is 8.22. The number of hydrogen-bond acceptors (Lipinski definition) is 4. The zero-order chi connectivity index (χ0) is 21.1. The first-order valence-electron chi connectivity index (χ1n) is 8.87. The number of hydrogen-bond donors (Lipinski definition) is 1. The highest BCUT2D eigenvalue weighted by Gasteiger charge is 2.48. The van der Waals surface area contributed by atoms with Crippen LogP contribution < -0.4 is 5.32 Å². The zero-order valence-corrected chi connectivity index (χ0v) is 16.7. The minimum atomic E-state index is -4.76. The molecule has 0 spiro atoms. The lowest BCUT2D eigenvalue weighted by Crippen LogP contribution is -2.43. The zero-order valence-electron chi connectivity index (χ0n) is 15.9. The van der Waals surface area contributed by atoms with Crippen LogP contribution in [0.1, 0.15) is 56.0 Å². The van der Waals surface area contributed by atoms with Gasteiger partial charge in [0.1, 0.15) is 9.64 Å². The average Bonchev–Trinajstić information content (AvgIpc) is 2.56. The lowest BCUT2D eigenvalue weighted by molar-refractivity contribution is -0.148. The summed E-state index contributed by atoms with van der Waals surface area (Å²) in [6.45, 7) is 10.5. The monoisotopic (exact) mass is 415 g/mol. The Kier molecular flexibility index (Phi) is 6.65. The van der Waals surface area contributed by atoms with E-state index in [0.717, 1.165) is 30.3 Å². The van der Waals surface area contributed by atoms with Crippen LogP contribution in [0.25, 0.3) is 4.85 Å². The maximum Gasteiger partial charge on any atom is 0.417 e. The van der Waals surface area contributed by atoms with Crippen molar-refractivity contribution in [2.75, 3.05) is 6.61 Å². The first kappa shape index (κ1) is 22.1. The average molecular weight is 415 g/mol. The molecule has 0 aliphatic heterocycles. The fourth-order valence-corrected chi connectivity index (χ4v) is 4.28. The Morgan fingerprint density at radius 3 is 2.43 bits per heavy atom. The molecule has 1 aliphatic rings. The van der Waals surface area contributed by atoms with Crippen molar-refractivity contribution in [3.63, 3.8) is 0 Å². The molecule has 9 heteroatoms. The van der Waals surface area contributed by atoms with Crippen molar-refractivity contribution in [3.8, 4) is 6.57 Å². The Bertz CT molecular complexity index is 812. The fourth-order valence-electron chi connectivity index (χ4n) is 2.83. The number of nitrogens with zero attached hydrogens (tertiary/aromatic N) is 1. The molecule has 152 valence electrons. The summed E-state index contributed by atoms with van der Waals surface area (Å²) >= 11 is 0.962. The fraction of sp³-hybridized carbons (Fsp3) is 0.526. The summed E-state index contributed by atoms with van der Waals surface area (Å²) in [6.07, 6.45) is -3.03. The Balaban J connectivity index is 2.52. The second-order valence-electron chi connectivity index (χ2n) is 6.79. The highest BCUT2D eigenvalue weighted by molar-refractivity contribution is 8.01. The van der Waals surface area contributed by atoms with E-state index in [0.29, 0.717) is 12.8 Å². The molecule has 1 N–H and O–H groups in total. The van der Waals surface area contributed by atoms with Crippen molar-refractivity contribution in [1.29, 1.82) is 0 Å². The summed E-state index contributed by atoms with van der Waals surface area (Å²) in [5, 5.41) is 2.45. The predicted octanol–water partition coefficient (Wildman–Crippen LogP) is 5.02. The Labute approximate surface area is 165 Å². The van der Waals surface area contributed by atoms with Gasteiger partial charge in [0.15, 0.2) is 0 Å². The molecule has 0 aromatic heterocycles. The molecule has 0 bridgehead atoms. The summed E-state index contributed by atoms with van der Waals surface area (Å²) in [7, 11) is 0. The van der Waals surface area contributed by atoms with E-state index in [4.69, 9.17) is 11.3 Å². The molecule has 1 aliphatic carbocycles. The third kappa shape index (κ3) is 4.61. The molecule has 1 amide bonds. The van der Waals surface area contributed by atoms with Gasteiger partial charge in [-0.1, -0.05) is 11.8 Å². The van der Waals surface area contributed by atoms with Gasteiger partial charge >= 0.3 is 17.8 Å². The number of carbonyl (C=O) groups excluding carboxylic acids is 2. The van der Waals surface area contributed by atoms with Crippen molar-refractivity contribution in [1.82, 2.24) is 5.32 Å². The van der Waals surface area contributed by atoms with Gasteiger partial charge in [-0.15, -0.1) is 0 Å². The van der Waals surface area contributed by atoms with Crippen molar-refractivity contribution in [2.24, 2.45) is 0 Å². The van der Waals surface area contributed by atoms with E-state index >= 15 is 0 Å². The number of amides is 1. The molecule has 1 aromatic rings. The lowest BCUT2D eigenvalue weighted by atomic mass is 9.84. The smallest absolute Gasteiger partial charge is 0.417 e. The Hall–Kier alpha value is -2.21. The molecule has 1 saturated carbocycles. The summed E-state index contributed by atoms with van der Waals surface area (Å²) in [5.74, 6) is -1.34. The Morgan fingerprint density at radius 2 is 2.00 bits per heavy atom. The highest BCUT2D eigenvalue weighted by Crippen LogP contribution is 2.52. The SMILES string of the molecule is C#[N+]c1cc(C(=O)NC(C)C)c(C(F)(F)F)cc1SC1(C(=O)OCC)CCC1. The second kappa shape index (κ2) is 8.43. The van der Waals surface area contributed by atoms with Crippen molar-refractivity contribution < 1.29 is 27.5 Å². The normalized spacial score (nSPS) is 15.5. The van der Waals surface area contributed by atoms with Crippen LogP contribution in [0.4, 0.5) is 18.9 Å². The molecular weight excluding hydrogens is 393 g/mol. The van der Waals surface area contributed by atoms with Gasteiger partial charge in [-0.05, 0) is 50.9 Å². The van der Waals surface area contributed by atoms with Crippen LogP contribution in [-0.4, -0.2) is 29.3 Å². The van der Waals surface area contributed by atoms with Crippen molar-refractivity contribution >= 4 is 29.3 Å². The molecule has 0 unspecified atom stereocenters. The van der Waals surface area contributed by atoms with Crippen LogP contribution in [0.2, 0.25) is 0 Å². The van der Waals surface area contributed by atoms with Crippen LogP contribution >= 0.6 is 11.8 Å². The quantitative estimate of drug-likeness (QED) is 0.663. The van der Waals surface area contributed by atoms with Crippen molar-refractivity contribution in [3.05, 3.63) is 28.1 Å². The molecule has 28 heavy (non-hydrogen) atoms. The third-order valence-corrected chi connectivity index (χ3v) is 5.83.